The second-order valence-corrected chi connectivity index (χ2v) is 8.13. The summed E-state index contributed by atoms with van der Waals surface area (Å²) < 4.78 is 10.6. The van der Waals surface area contributed by atoms with Gasteiger partial charge in [-0.15, -0.1) is 0 Å². The van der Waals surface area contributed by atoms with Gasteiger partial charge < -0.3 is 19.7 Å². The number of likely N-dealkylation sites (tertiary alicyclic amines) is 1. The molecule has 1 unspecified atom stereocenters. The van der Waals surface area contributed by atoms with Crippen molar-refractivity contribution in [3.63, 3.8) is 0 Å². The molecule has 4 amide bonds. The molecule has 8 heteroatoms. The van der Waals surface area contributed by atoms with E-state index in [1.54, 1.807) is 14.2 Å². The molecule has 4 rings (SSSR count). The van der Waals surface area contributed by atoms with Gasteiger partial charge in [0.25, 0.3) is 5.91 Å². The Kier molecular flexibility index (Phi) is 5.10. The summed E-state index contributed by atoms with van der Waals surface area (Å²) in [5.41, 5.74) is 0.396. The lowest BCUT2D eigenvalue weighted by Gasteiger charge is -2.35. The van der Waals surface area contributed by atoms with Gasteiger partial charge in [0.1, 0.15) is 5.54 Å². The van der Waals surface area contributed by atoms with E-state index in [1.807, 2.05) is 23.1 Å². The molecule has 1 spiro atoms. The Morgan fingerprint density at radius 1 is 1.14 bits per heavy atom. The van der Waals surface area contributed by atoms with Crippen LogP contribution in [0.3, 0.4) is 0 Å². The Morgan fingerprint density at radius 3 is 2.52 bits per heavy atom. The second kappa shape index (κ2) is 7.57. The van der Waals surface area contributed by atoms with E-state index in [0.29, 0.717) is 44.0 Å². The van der Waals surface area contributed by atoms with Gasteiger partial charge in [-0.05, 0) is 43.4 Å². The minimum absolute atomic E-state index is 0.0159. The molecule has 1 aromatic carbocycles. The first kappa shape index (κ1) is 19.5. The van der Waals surface area contributed by atoms with E-state index >= 15 is 0 Å². The average Bonchev–Trinajstić information content (AvgIpc) is 3.17. The molecule has 0 aromatic heterocycles. The molecule has 0 bridgehead atoms. The van der Waals surface area contributed by atoms with Gasteiger partial charge in [-0.1, -0.05) is 6.07 Å². The van der Waals surface area contributed by atoms with E-state index in [0.717, 1.165) is 24.8 Å². The quantitative estimate of drug-likeness (QED) is 0.701. The van der Waals surface area contributed by atoms with Crippen molar-refractivity contribution >= 4 is 17.8 Å². The summed E-state index contributed by atoms with van der Waals surface area (Å²) in [6.45, 7) is 1.47. The molecule has 8 nitrogen and oxygen atoms in total. The number of urea groups is 1. The zero-order valence-corrected chi connectivity index (χ0v) is 16.9. The maximum Gasteiger partial charge on any atom is 0.325 e. The van der Waals surface area contributed by atoms with Crippen molar-refractivity contribution in [1.82, 2.24) is 15.1 Å². The van der Waals surface area contributed by atoms with Crippen molar-refractivity contribution in [3.8, 4) is 11.5 Å². The van der Waals surface area contributed by atoms with Crippen molar-refractivity contribution in [2.45, 2.75) is 37.6 Å². The third-order valence-corrected chi connectivity index (χ3v) is 6.31. The van der Waals surface area contributed by atoms with Crippen LogP contribution < -0.4 is 14.8 Å². The van der Waals surface area contributed by atoms with Crippen LogP contribution in [0.2, 0.25) is 0 Å². The number of hydrogen-bond acceptors (Lipinski definition) is 5. The number of ether oxygens (including phenoxy) is 2. The van der Waals surface area contributed by atoms with Gasteiger partial charge in [0.15, 0.2) is 11.5 Å². The zero-order valence-electron chi connectivity index (χ0n) is 16.9. The van der Waals surface area contributed by atoms with E-state index in [4.69, 9.17) is 9.47 Å². The number of imide groups is 1. The summed E-state index contributed by atoms with van der Waals surface area (Å²) in [6.07, 6.45) is 3.47. The number of benzene rings is 1. The lowest BCUT2D eigenvalue weighted by molar-refractivity contribution is -0.134. The van der Waals surface area contributed by atoms with Crippen LogP contribution in [-0.2, 0) is 16.0 Å². The standard InChI is InChI=1S/C21H27N3O5/c1-28-16-5-4-14(10-17(16)29-2)6-9-23-12-15(11-18(23)25)13-24-19(26)21(7-3-8-21)22-20(24)27/h4-5,10,15H,3,6-9,11-13H2,1-2H3,(H,22,27). The molecule has 1 N–H and O–H groups in total. The van der Waals surface area contributed by atoms with Gasteiger partial charge in [-0.2, -0.15) is 0 Å². The van der Waals surface area contributed by atoms with Crippen LogP contribution in [0.1, 0.15) is 31.2 Å². The monoisotopic (exact) mass is 401 g/mol. The van der Waals surface area contributed by atoms with Crippen LogP contribution in [0.15, 0.2) is 18.2 Å². The highest BCUT2D eigenvalue weighted by molar-refractivity contribution is 6.07. The minimum atomic E-state index is -0.660. The molecule has 2 saturated heterocycles. The molecule has 156 valence electrons. The summed E-state index contributed by atoms with van der Waals surface area (Å²) in [7, 11) is 3.19. The Bertz CT molecular complexity index is 836. The third-order valence-electron chi connectivity index (χ3n) is 6.31. The molecule has 0 radical (unpaired) electrons. The van der Waals surface area contributed by atoms with Crippen molar-refractivity contribution in [3.05, 3.63) is 23.8 Å². The molecule has 2 heterocycles. The lowest BCUT2D eigenvalue weighted by atomic mass is 9.77. The highest BCUT2D eigenvalue weighted by atomic mass is 16.5. The SMILES string of the molecule is COc1ccc(CCN2CC(CN3C(=O)NC4(CCC4)C3=O)CC2=O)cc1OC. The Morgan fingerprint density at radius 2 is 1.90 bits per heavy atom. The molecule has 1 aromatic rings. The molecular weight excluding hydrogens is 374 g/mol. The van der Waals surface area contributed by atoms with Gasteiger partial charge in [0, 0.05) is 32.0 Å². The van der Waals surface area contributed by atoms with Crippen molar-refractivity contribution < 1.29 is 23.9 Å². The fraction of sp³-hybridized carbons (Fsp3) is 0.571. The summed E-state index contributed by atoms with van der Waals surface area (Å²) in [5, 5.41) is 2.85. The number of nitrogens with zero attached hydrogens (tertiary/aromatic N) is 2. The first-order valence-electron chi connectivity index (χ1n) is 10.1. The minimum Gasteiger partial charge on any atom is -0.493 e. The smallest absolute Gasteiger partial charge is 0.325 e. The highest BCUT2D eigenvalue weighted by Crippen LogP contribution is 2.38. The largest absolute Gasteiger partial charge is 0.493 e. The molecular formula is C21H27N3O5. The maximum atomic E-state index is 12.6. The number of carbonyl (C=O) groups is 3. The summed E-state index contributed by atoms with van der Waals surface area (Å²) in [4.78, 5) is 40.4. The van der Waals surface area contributed by atoms with E-state index in [1.165, 1.54) is 4.90 Å². The van der Waals surface area contributed by atoms with Gasteiger partial charge in [-0.3, -0.25) is 14.5 Å². The van der Waals surface area contributed by atoms with E-state index in [9.17, 15) is 14.4 Å². The number of amides is 4. The van der Waals surface area contributed by atoms with Crippen LogP contribution in [0.5, 0.6) is 11.5 Å². The molecule has 1 aliphatic carbocycles. The van der Waals surface area contributed by atoms with E-state index in [2.05, 4.69) is 5.32 Å². The molecule has 3 aliphatic rings. The predicted octanol–water partition coefficient (Wildman–Crippen LogP) is 1.57. The van der Waals surface area contributed by atoms with Crippen LogP contribution in [0.25, 0.3) is 0 Å². The molecule has 1 atom stereocenters. The van der Waals surface area contributed by atoms with Gasteiger partial charge in [0.05, 0.1) is 14.2 Å². The summed E-state index contributed by atoms with van der Waals surface area (Å²) in [6, 6.07) is 5.43. The number of methoxy groups -OCH3 is 2. The topological polar surface area (TPSA) is 88.2 Å². The first-order chi connectivity index (χ1) is 14.0. The Hall–Kier alpha value is -2.77. The Labute approximate surface area is 170 Å². The van der Waals surface area contributed by atoms with Crippen LogP contribution in [-0.4, -0.2) is 67.0 Å². The zero-order chi connectivity index (χ0) is 20.6. The van der Waals surface area contributed by atoms with Crippen molar-refractivity contribution in [1.29, 1.82) is 0 Å². The van der Waals surface area contributed by atoms with E-state index < -0.39 is 5.54 Å². The van der Waals surface area contributed by atoms with E-state index in [-0.39, 0.29) is 23.8 Å². The average molecular weight is 401 g/mol. The van der Waals surface area contributed by atoms with Gasteiger partial charge in [0.2, 0.25) is 5.91 Å². The van der Waals surface area contributed by atoms with Gasteiger partial charge >= 0.3 is 6.03 Å². The van der Waals surface area contributed by atoms with Crippen molar-refractivity contribution in [2.24, 2.45) is 5.92 Å². The van der Waals surface area contributed by atoms with Gasteiger partial charge in [-0.25, -0.2) is 4.79 Å². The number of hydrogen-bond donors (Lipinski definition) is 1. The fourth-order valence-electron chi connectivity index (χ4n) is 4.46. The number of carbonyl (C=O) groups excluding carboxylic acids is 3. The predicted molar refractivity (Wildman–Crippen MR) is 105 cm³/mol. The molecule has 29 heavy (non-hydrogen) atoms. The number of nitrogens with one attached hydrogen (secondary N) is 1. The third kappa shape index (κ3) is 3.52. The summed E-state index contributed by atoms with van der Waals surface area (Å²) in [5.74, 6) is 1.27. The molecule has 2 aliphatic heterocycles. The normalized spacial score (nSPS) is 22.8. The van der Waals surface area contributed by atoms with Crippen LogP contribution >= 0.6 is 0 Å². The van der Waals surface area contributed by atoms with Crippen LogP contribution in [0, 0.1) is 5.92 Å². The molecule has 1 saturated carbocycles. The van der Waals surface area contributed by atoms with Crippen LogP contribution in [0.4, 0.5) is 4.79 Å². The lowest BCUT2D eigenvalue weighted by Crippen LogP contribution is -2.52. The highest BCUT2D eigenvalue weighted by Gasteiger charge is 2.55. The number of rotatable bonds is 7. The second-order valence-electron chi connectivity index (χ2n) is 8.13. The summed E-state index contributed by atoms with van der Waals surface area (Å²) >= 11 is 0. The molecule has 3 fully saturated rings. The maximum absolute atomic E-state index is 12.6. The first-order valence-corrected chi connectivity index (χ1v) is 10.1. The fourth-order valence-corrected chi connectivity index (χ4v) is 4.46. The van der Waals surface area contributed by atoms with Crippen molar-refractivity contribution in [2.75, 3.05) is 33.9 Å². The Balaban J connectivity index is 1.33.